The second-order valence-corrected chi connectivity index (χ2v) is 15.7. The summed E-state index contributed by atoms with van der Waals surface area (Å²) in [5.41, 5.74) is -2.05. The number of nitrogens with one attached hydrogen (secondary N) is 2. The molecule has 18 heteroatoms. The first-order chi connectivity index (χ1) is 25.6. The number of aliphatic hydroxyl groups excluding tert-OH is 5. The Morgan fingerprint density at radius 1 is 0.907 bits per heavy atom. The van der Waals surface area contributed by atoms with Crippen molar-refractivity contribution in [3.63, 3.8) is 0 Å². The topological polar surface area (TPSA) is 262 Å². The highest BCUT2D eigenvalue weighted by molar-refractivity contribution is 7.99. The van der Waals surface area contributed by atoms with E-state index in [2.05, 4.69) is 10.6 Å². The van der Waals surface area contributed by atoms with Gasteiger partial charge in [-0.15, -0.1) is 11.8 Å². The van der Waals surface area contributed by atoms with E-state index in [1.165, 1.54) is 22.4 Å². The van der Waals surface area contributed by atoms with E-state index in [0.29, 0.717) is 30.7 Å². The number of aromatic hydroxyl groups is 2. The van der Waals surface area contributed by atoms with Gasteiger partial charge in [-0.25, -0.2) is 0 Å². The van der Waals surface area contributed by atoms with Crippen LogP contribution >= 0.6 is 11.8 Å². The number of aliphatic carboxylic acids is 1. The van der Waals surface area contributed by atoms with Crippen molar-refractivity contribution in [1.82, 2.24) is 15.2 Å². The summed E-state index contributed by atoms with van der Waals surface area (Å²) >= 11 is 1.18. The third kappa shape index (κ3) is 16.5. The number of aliphatic hydroxyl groups is 5. The van der Waals surface area contributed by atoms with Gasteiger partial charge in [0, 0.05) is 43.8 Å². The average molecular weight is 796 g/mol. The molecule has 1 saturated carbocycles. The minimum atomic E-state index is -1.32. The number of hydrogen-bond donors (Lipinski definition) is 10. The molecule has 0 bridgehead atoms. The molecule has 0 radical (unpaired) electrons. The third-order valence-corrected chi connectivity index (χ3v) is 10.6. The summed E-state index contributed by atoms with van der Waals surface area (Å²) in [6.07, 6.45) is 2.23. The molecule has 314 valence electrons. The summed E-state index contributed by atoms with van der Waals surface area (Å²) in [5, 5.41) is 85.2. The van der Waals surface area contributed by atoms with Crippen molar-refractivity contribution in [1.29, 1.82) is 0 Å². The maximum absolute atomic E-state index is 12.4. The van der Waals surface area contributed by atoms with E-state index in [-0.39, 0.29) is 62.1 Å². The lowest BCUT2D eigenvalue weighted by Gasteiger charge is -2.36. The Morgan fingerprint density at radius 3 is 2.11 bits per heavy atom. The van der Waals surface area contributed by atoms with Gasteiger partial charge in [-0.1, -0.05) is 19.3 Å². The molecule has 10 N–H and O–H groups in total. The van der Waals surface area contributed by atoms with E-state index in [9.17, 15) is 50.4 Å². The molecule has 1 aliphatic rings. The van der Waals surface area contributed by atoms with Crippen LogP contribution in [0.1, 0.15) is 85.5 Å². The number of amides is 1. The lowest BCUT2D eigenvalue weighted by molar-refractivity contribution is -0.222. The van der Waals surface area contributed by atoms with Gasteiger partial charge in [0.15, 0.2) is 12.2 Å². The Morgan fingerprint density at radius 2 is 1.52 bits per heavy atom. The van der Waals surface area contributed by atoms with Gasteiger partial charge in [0.25, 0.3) is 0 Å². The zero-order chi connectivity index (χ0) is 40.3. The number of nitrogens with zero attached hydrogens (tertiary/aromatic N) is 1. The van der Waals surface area contributed by atoms with E-state index >= 15 is 0 Å². The van der Waals surface area contributed by atoms with Crippen molar-refractivity contribution >= 4 is 23.6 Å². The Hall–Kier alpha value is -2.23. The molecule has 0 spiro atoms. The van der Waals surface area contributed by atoms with Gasteiger partial charge >= 0.3 is 5.97 Å². The number of ether oxygens (including phenoxy) is 4. The van der Waals surface area contributed by atoms with Gasteiger partial charge in [0.05, 0.1) is 55.7 Å². The first kappa shape index (κ1) is 47.9. The number of unbranched alkanes of at least 4 members (excludes halogenated alkanes) is 2. The number of carbonyl (C=O) groups excluding carboxylic acids is 1. The Balaban J connectivity index is 1.66. The van der Waals surface area contributed by atoms with Gasteiger partial charge in [-0.2, -0.15) is 0 Å². The van der Waals surface area contributed by atoms with Crippen molar-refractivity contribution in [3.05, 3.63) is 6.07 Å². The smallest absolute Gasteiger partial charge is 0.321 e. The van der Waals surface area contributed by atoms with E-state index in [1.54, 1.807) is 27.7 Å². The molecule has 1 aliphatic carbocycles. The monoisotopic (exact) mass is 795 g/mol. The highest BCUT2D eigenvalue weighted by Gasteiger charge is 2.35. The lowest BCUT2D eigenvalue weighted by Crippen LogP contribution is -2.48. The fourth-order valence-electron chi connectivity index (χ4n) is 5.99. The predicted molar refractivity (Wildman–Crippen MR) is 199 cm³/mol. The zero-order valence-electron chi connectivity index (χ0n) is 32.2. The maximum atomic E-state index is 12.4. The largest absolute Gasteiger partial charge is 0.494 e. The molecule has 2 rings (SSSR count). The molecule has 4 unspecified atom stereocenters. The second-order valence-electron chi connectivity index (χ2n) is 14.6. The zero-order valence-corrected chi connectivity index (χ0v) is 33.0. The van der Waals surface area contributed by atoms with Crippen LogP contribution in [-0.4, -0.2) is 157 Å². The summed E-state index contributed by atoms with van der Waals surface area (Å²) in [6, 6.07) is 0.856. The van der Waals surface area contributed by atoms with Crippen LogP contribution in [0.2, 0.25) is 0 Å². The summed E-state index contributed by atoms with van der Waals surface area (Å²) in [6.45, 7) is 5.63. The Kier molecular flexibility index (Phi) is 21.7. The summed E-state index contributed by atoms with van der Waals surface area (Å²) in [4.78, 5) is 24.5. The van der Waals surface area contributed by atoms with Crippen LogP contribution in [0.3, 0.4) is 0 Å². The van der Waals surface area contributed by atoms with Gasteiger partial charge in [0.2, 0.25) is 11.8 Å². The van der Waals surface area contributed by atoms with Crippen molar-refractivity contribution in [2.24, 2.45) is 0 Å². The average Bonchev–Trinajstić information content (AvgIpc) is 3.74. The predicted octanol–water partition coefficient (Wildman–Crippen LogP) is 1.06. The van der Waals surface area contributed by atoms with Crippen molar-refractivity contribution in [2.45, 2.75) is 145 Å². The summed E-state index contributed by atoms with van der Waals surface area (Å²) < 4.78 is 24.2. The fourth-order valence-corrected chi connectivity index (χ4v) is 7.00. The molecule has 1 amide bonds. The number of carbonyl (C=O) groups is 2. The number of hydrogen-bond acceptors (Lipinski definition) is 15. The number of carboxylic acid groups (broad SMARTS) is 1. The van der Waals surface area contributed by atoms with Crippen molar-refractivity contribution in [2.75, 3.05) is 51.9 Å². The number of aromatic nitrogens is 1. The summed E-state index contributed by atoms with van der Waals surface area (Å²) in [5.74, 6) is -1.14. The highest BCUT2D eigenvalue weighted by atomic mass is 32.2. The Bertz CT molecular complexity index is 1230. The molecule has 17 nitrogen and oxygen atoms in total. The number of rotatable bonds is 30. The van der Waals surface area contributed by atoms with Gasteiger partial charge in [-0.05, 0) is 53.4 Å². The van der Waals surface area contributed by atoms with Crippen LogP contribution in [0.4, 0.5) is 0 Å². The van der Waals surface area contributed by atoms with Crippen LogP contribution in [0.25, 0.3) is 0 Å². The first-order valence-corrected chi connectivity index (χ1v) is 19.8. The molecular formula is C36H65N3O14S. The molecule has 4 atom stereocenters. The van der Waals surface area contributed by atoms with Crippen molar-refractivity contribution < 1.29 is 69.4 Å². The standard InChI is InChI=1S/C36H65N3O14S/c1-35(2,28(21-42)52-25(19-40)20-41)50-16-13-32(46)53-29(22-43)36(3,4)51-17-14-37-30(44)12-6-5-9-15-39-31(45)18-27(33(39)47)54-23-26(34(48)49)38-24-10-7-8-11-24/h18,24-26,28-29,32,38,40-43,45-47H,5-17,19-23H2,1-4H3,(H,37,44)(H,48,49). The van der Waals surface area contributed by atoms with Crippen molar-refractivity contribution in [3.8, 4) is 11.8 Å². The number of thioether (sulfide) groups is 1. The maximum Gasteiger partial charge on any atom is 0.321 e. The molecule has 0 saturated heterocycles. The SMILES string of the molecule is CC(C)(OCCNC(=O)CCCCCn1c(O)cc(SCC(NC2CCCC2)C(=O)O)c1O)C(CO)OC(O)CCOC(C)(C)C(CO)OC(CO)CO. The minimum absolute atomic E-state index is 0.00864. The van der Waals surface area contributed by atoms with E-state index in [4.69, 9.17) is 18.9 Å². The lowest BCUT2D eigenvalue weighted by atomic mass is 10.0. The molecular weight excluding hydrogens is 730 g/mol. The minimum Gasteiger partial charge on any atom is -0.494 e. The molecule has 1 aromatic rings. The molecule has 0 aliphatic heterocycles. The van der Waals surface area contributed by atoms with Gasteiger partial charge in [-0.3, -0.25) is 14.2 Å². The molecule has 1 heterocycles. The second kappa shape index (κ2) is 24.4. The molecule has 0 aromatic carbocycles. The highest BCUT2D eigenvalue weighted by Crippen LogP contribution is 2.36. The quantitative estimate of drug-likeness (QED) is 0.0297. The molecule has 1 aromatic heterocycles. The van der Waals surface area contributed by atoms with E-state index in [0.717, 1.165) is 25.7 Å². The van der Waals surface area contributed by atoms with Crippen LogP contribution in [0.15, 0.2) is 11.0 Å². The van der Waals surface area contributed by atoms with E-state index in [1.807, 2.05) is 0 Å². The van der Waals surface area contributed by atoms with Gasteiger partial charge in [0.1, 0.15) is 24.4 Å². The Labute approximate surface area is 322 Å². The van der Waals surface area contributed by atoms with E-state index < -0.39 is 74.2 Å². The van der Waals surface area contributed by atoms with Crippen LogP contribution in [0.5, 0.6) is 11.8 Å². The third-order valence-electron chi connectivity index (χ3n) is 9.50. The molecule has 1 fully saturated rings. The normalized spacial score (nSPS) is 16.5. The van der Waals surface area contributed by atoms with Gasteiger partial charge < -0.3 is 70.4 Å². The van der Waals surface area contributed by atoms with Crippen LogP contribution in [-0.2, 0) is 35.1 Å². The molecule has 54 heavy (non-hydrogen) atoms. The summed E-state index contributed by atoms with van der Waals surface area (Å²) in [7, 11) is 0. The number of carboxylic acids is 1. The fraction of sp³-hybridized carbons (Fsp3) is 0.833. The van der Waals surface area contributed by atoms with Crippen LogP contribution < -0.4 is 10.6 Å². The first-order valence-electron chi connectivity index (χ1n) is 18.8. The van der Waals surface area contributed by atoms with Crippen LogP contribution in [0, 0.1) is 0 Å².